The molecule has 112 valence electrons. The predicted octanol–water partition coefficient (Wildman–Crippen LogP) is 2.98. The molecule has 21 heavy (non-hydrogen) atoms. The molecule has 1 aromatic carbocycles. The Bertz CT molecular complexity index is 598. The Morgan fingerprint density at radius 2 is 2.29 bits per heavy atom. The highest BCUT2D eigenvalue weighted by Crippen LogP contribution is 2.21. The first-order valence-corrected chi connectivity index (χ1v) is 7.60. The summed E-state index contributed by atoms with van der Waals surface area (Å²) in [5, 5.41) is 3.98. The maximum Gasteiger partial charge on any atom is 0.360 e. The van der Waals surface area contributed by atoms with Gasteiger partial charge in [0.15, 0.2) is 5.69 Å². The van der Waals surface area contributed by atoms with Crippen molar-refractivity contribution in [2.75, 3.05) is 25.6 Å². The van der Waals surface area contributed by atoms with E-state index in [0.29, 0.717) is 18.8 Å². The Balaban J connectivity index is 1.91. The number of rotatable bonds is 7. The van der Waals surface area contributed by atoms with Gasteiger partial charge in [0.1, 0.15) is 10.8 Å². The third-order valence-electron chi connectivity index (χ3n) is 2.87. The van der Waals surface area contributed by atoms with Gasteiger partial charge in [-0.2, -0.15) is 0 Å². The van der Waals surface area contributed by atoms with Crippen LogP contribution in [0.15, 0.2) is 29.8 Å². The largest absolute Gasteiger partial charge is 0.497 e. The molecule has 1 N–H and O–H groups in total. The van der Waals surface area contributed by atoms with Gasteiger partial charge in [0.25, 0.3) is 0 Å². The van der Waals surface area contributed by atoms with E-state index >= 15 is 0 Å². The van der Waals surface area contributed by atoms with Crippen molar-refractivity contribution in [3.8, 4) is 5.75 Å². The normalized spacial score (nSPS) is 10.2. The minimum atomic E-state index is -0.386. The Morgan fingerprint density at radius 1 is 1.43 bits per heavy atom. The second-order valence-electron chi connectivity index (χ2n) is 4.28. The van der Waals surface area contributed by atoms with Crippen molar-refractivity contribution in [2.45, 2.75) is 13.3 Å². The number of hydrogen-bond donors (Lipinski definition) is 1. The number of aromatic nitrogens is 1. The highest BCUT2D eigenvalue weighted by atomic mass is 32.1. The Hall–Kier alpha value is -2.08. The molecule has 0 amide bonds. The van der Waals surface area contributed by atoms with Crippen LogP contribution in [0, 0.1) is 0 Å². The van der Waals surface area contributed by atoms with Crippen LogP contribution in [0.4, 0.5) is 5.00 Å². The lowest BCUT2D eigenvalue weighted by Crippen LogP contribution is -2.10. The predicted molar refractivity (Wildman–Crippen MR) is 83.3 cm³/mol. The summed E-state index contributed by atoms with van der Waals surface area (Å²) in [7, 11) is 1.65. The van der Waals surface area contributed by atoms with Gasteiger partial charge >= 0.3 is 5.97 Å². The molecule has 0 unspecified atom stereocenters. The number of carbonyl (C=O) groups excluding carboxylic acids is 1. The molecule has 0 radical (unpaired) electrons. The van der Waals surface area contributed by atoms with Gasteiger partial charge in [-0.15, -0.1) is 11.3 Å². The van der Waals surface area contributed by atoms with Crippen LogP contribution in [0.5, 0.6) is 5.75 Å². The van der Waals surface area contributed by atoms with Crippen molar-refractivity contribution >= 4 is 22.3 Å². The Kier molecular flexibility index (Phi) is 5.57. The van der Waals surface area contributed by atoms with Gasteiger partial charge < -0.3 is 14.8 Å². The summed E-state index contributed by atoms with van der Waals surface area (Å²) in [5.74, 6) is 0.458. The van der Waals surface area contributed by atoms with Crippen molar-refractivity contribution in [3.05, 3.63) is 41.0 Å². The molecule has 0 aliphatic rings. The molecule has 0 saturated heterocycles. The molecular formula is C15H18N2O3S. The molecule has 0 spiro atoms. The number of ether oxygens (including phenoxy) is 2. The second kappa shape index (κ2) is 7.64. The fourth-order valence-corrected chi connectivity index (χ4v) is 2.56. The first-order chi connectivity index (χ1) is 10.2. The number of esters is 1. The fraction of sp³-hybridized carbons (Fsp3) is 0.333. The summed E-state index contributed by atoms with van der Waals surface area (Å²) in [6, 6.07) is 7.92. The van der Waals surface area contributed by atoms with Gasteiger partial charge in [0.05, 0.1) is 19.2 Å². The summed E-state index contributed by atoms with van der Waals surface area (Å²) >= 11 is 1.40. The van der Waals surface area contributed by atoms with E-state index in [1.807, 2.05) is 24.3 Å². The smallest absolute Gasteiger partial charge is 0.360 e. The van der Waals surface area contributed by atoms with Crippen LogP contribution in [0.25, 0.3) is 0 Å². The number of methoxy groups -OCH3 is 1. The number of nitrogens with one attached hydrogen (secondary N) is 1. The quantitative estimate of drug-likeness (QED) is 0.797. The van der Waals surface area contributed by atoms with Crippen molar-refractivity contribution in [1.82, 2.24) is 4.98 Å². The van der Waals surface area contributed by atoms with Gasteiger partial charge in [-0.1, -0.05) is 12.1 Å². The zero-order valence-electron chi connectivity index (χ0n) is 12.1. The molecule has 0 bridgehead atoms. The summed E-state index contributed by atoms with van der Waals surface area (Å²) in [5.41, 5.74) is 3.16. The SMILES string of the molecule is CCOC(=O)c1ncsc1NCCc1cccc(OC)c1. The average molecular weight is 306 g/mol. The van der Waals surface area contributed by atoms with E-state index in [1.54, 1.807) is 19.5 Å². The molecule has 1 heterocycles. The molecule has 2 aromatic rings. The number of carbonyl (C=O) groups is 1. The van der Waals surface area contributed by atoms with Crippen LogP contribution in [0.1, 0.15) is 23.0 Å². The minimum Gasteiger partial charge on any atom is -0.497 e. The number of benzene rings is 1. The van der Waals surface area contributed by atoms with E-state index in [2.05, 4.69) is 10.3 Å². The van der Waals surface area contributed by atoms with Gasteiger partial charge in [0.2, 0.25) is 0 Å². The van der Waals surface area contributed by atoms with Crippen LogP contribution in [0.2, 0.25) is 0 Å². The summed E-state index contributed by atoms with van der Waals surface area (Å²) in [6.45, 7) is 2.83. The highest BCUT2D eigenvalue weighted by molar-refractivity contribution is 7.14. The topological polar surface area (TPSA) is 60.5 Å². The second-order valence-corrected chi connectivity index (χ2v) is 5.13. The van der Waals surface area contributed by atoms with Crippen molar-refractivity contribution in [3.63, 3.8) is 0 Å². The standard InChI is InChI=1S/C15H18N2O3S/c1-3-20-15(18)13-14(21-10-17-13)16-8-7-11-5-4-6-12(9-11)19-2/h4-6,9-10,16H,3,7-8H2,1-2H3. The zero-order valence-corrected chi connectivity index (χ0v) is 12.9. The number of nitrogens with zero attached hydrogens (tertiary/aromatic N) is 1. The minimum absolute atomic E-state index is 0.347. The van der Waals surface area contributed by atoms with Crippen molar-refractivity contribution in [1.29, 1.82) is 0 Å². The van der Waals surface area contributed by atoms with E-state index in [9.17, 15) is 4.79 Å². The molecule has 0 atom stereocenters. The summed E-state index contributed by atoms with van der Waals surface area (Å²) in [4.78, 5) is 15.8. The van der Waals surface area contributed by atoms with E-state index < -0.39 is 0 Å². The molecule has 0 saturated carbocycles. The van der Waals surface area contributed by atoms with Crippen LogP contribution < -0.4 is 10.1 Å². The summed E-state index contributed by atoms with van der Waals surface area (Å²) < 4.78 is 10.2. The maximum absolute atomic E-state index is 11.7. The first kappa shape index (κ1) is 15.3. The van der Waals surface area contributed by atoms with Crippen LogP contribution in [-0.4, -0.2) is 31.2 Å². The van der Waals surface area contributed by atoms with Crippen molar-refractivity contribution in [2.24, 2.45) is 0 Å². The summed E-state index contributed by atoms with van der Waals surface area (Å²) in [6.07, 6.45) is 0.831. The maximum atomic E-state index is 11.7. The molecule has 6 heteroatoms. The van der Waals surface area contributed by atoms with Crippen LogP contribution in [0.3, 0.4) is 0 Å². The number of thiazole rings is 1. The van der Waals surface area contributed by atoms with Gasteiger partial charge in [-0.3, -0.25) is 0 Å². The monoisotopic (exact) mass is 306 g/mol. The lowest BCUT2D eigenvalue weighted by molar-refractivity contribution is 0.0521. The highest BCUT2D eigenvalue weighted by Gasteiger charge is 2.15. The molecule has 0 aliphatic heterocycles. The third kappa shape index (κ3) is 4.19. The third-order valence-corrected chi connectivity index (χ3v) is 3.65. The van der Waals surface area contributed by atoms with Gasteiger partial charge in [-0.05, 0) is 31.0 Å². The lowest BCUT2D eigenvalue weighted by Gasteiger charge is -2.07. The first-order valence-electron chi connectivity index (χ1n) is 6.72. The fourth-order valence-electron chi connectivity index (χ4n) is 1.86. The molecule has 5 nitrogen and oxygen atoms in total. The average Bonchev–Trinajstić information content (AvgIpc) is 2.96. The van der Waals surface area contributed by atoms with Gasteiger partial charge in [0, 0.05) is 6.54 Å². The Labute approximate surface area is 127 Å². The number of anilines is 1. The molecule has 0 fully saturated rings. The van der Waals surface area contributed by atoms with E-state index in [1.165, 1.54) is 16.9 Å². The van der Waals surface area contributed by atoms with E-state index in [-0.39, 0.29) is 5.97 Å². The van der Waals surface area contributed by atoms with Crippen LogP contribution in [-0.2, 0) is 11.2 Å². The zero-order chi connectivity index (χ0) is 15.1. The molecule has 1 aromatic heterocycles. The van der Waals surface area contributed by atoms with Crippen molar-refractivity contribution < 1.29 is 14.3 Å². The molecule has 2 rings (SSSR count). The Morgan fingerprint density at radius 3 is 3.05 bits per heavy atom. The molecular weight excluding hydrogens is 288 g/mol. The lowest BCUT2D eigenvalue weighted by atomic mass is 10.1. The van der Waals surface area contributed by atoms with Gasteiger partial charge in [-0.25, -0.2) is 9.78 Å². The number of hydrogen-bond acceptors (Lipinski definition) is 6. The van der Waals surface area contributed by atoms with E-state index in [0.717, 1.165) is 17.2 Å². The molecule has 0 aliphatic carbocycles. The van der Waals surface area contributed by atoms with E-state index in [4.69, 9.17) is 9.47 Å². The van der Waals surface area contributed by atoms with Crippen LogP contribution >= 0.6 is 11.3 Å².